The molecule has 2 N–H and O–H groups in total. The van der Waals surface area contributed by atoms with Crippen molar-refractivity contribution in [1.82, 2.24) is 15.5 Å². The summed E-state index contributed by atoms with van der Waals surface area (Å²) >= 11 is 0. The number of hydrogen-bond donors (Lipinski definition) is 2. The zero-order valence-electron chi connectivity index (χ0n) is 19.7. The SMILES string of the molecule is CCCCNC(=O)C(c1ccc(C)c(C)c1)N(C(=O)CNC(=O)OC(C)(C)C)C1CC1. The van der Waals surface area contributed by atoms with Gasteiger partial charge in [-0.2, -0.15) is 0 Å². The molecular formula is C24H37N3O4. The van der Waals surface area contributed by atoms with Gasteiger partial charge in [0.05, 0.1) is 0 Å². The van der Waals surface area contributed by atoms with Crippen molar-refractivity contribution in [3.63, 3.8) is 0 Å². The van der Waals surface area contributed by atoms with Crippen molar-refractivity contribution in [3.05, 3.63) is 34.9 Å². The Morgan fingerprint density at radius 2 is 1.81 bits per heavy atom. The zero-order chi connectivity index (χ0) is 23.2. The van der Waals surface area contributed by atoms with Gasteiger partial charge in [-0.1, -0.05) is 31.5 Å². The van der Waals surface area contributed by atoms with Crippen LogP contribution in [-0.4, -0.2) is 47.5 Å². The Labute approximate surface area is 185 Å². The predicted molar refractivity (Wildman–Crippen MR) is 121 cm³/mol. The van der Waals surface area contributed by atoms with Gasteiger partial charge in [-0.25, -0.2) is 4.79 Å². The fourth-order valence-corrected chi connectivity index (χ4v) is 3.32. The minimum absolute atomic E-state index is 0.00327. The highest BCUT2D eigenvalue weighted by Crippen LogP contribution is 2.35. The molecule has 0 aromatic heterocycles. The van der Waals surface area contributed by atoms with Crippen molar-refractivity contribution in [1.29, 1.82) is 0 Å². The molecular weight excluding hydrogens is 394 g/mol. The molecule has 7 nitrogen and oxygen atoms in total. The third kappa shape index (κ3) is 7.56. The van der Waals surface area contributed by atoms with Crippen LogP contribution in [0.15, 0.2) is 18.2 Å². The Hall–Kier alpha value is -2.57. The summed E-state index contributed by atoms with van der Waals surface area (Å²) in [5, 5.41) is 5.52. The first-order valence-electron chi connectivity index (χ1n) is 11.2. The predicted octanol–water partition coefficient (Wildman–Crippen LogP) is 3.78. The molecule has 1 aliphatic carbocycles. The number of nitrogens with one attached hydrogen (secondary N) is 2. The molecule has 1 aromatic carbocycles. The Kier molecular flexibility index (Phi) is 8.48. The highest BCUT2D eigenvalue weighted by molar-refractivity contribution is 5.91. The lowest BCUT2D eigenvalue weighted by Crippen LogP contribution is -2.49. The fraction of sp³-hybridized carbons (Fsp3) is 0.625. The minimum Gasteiger partial charge on any atom is -0.444 e. The van der Waals surface area contributed by atoms with Crippen LogP contribution in [0.5, 0.6) is 0 Å². The van der Waals surface area contributed by atoms with Crippen molar-refractivity contribution in [3.8, 4) is 0 Å². The van der Waals surface area contributed by atoms with Gasteiger partial charge in [-0.3, -0.25) is 9.59 Å². The van der Waals surface area contributed by atoms with Crippen molar-refractivity contribution < 1.29 is 19.1 Å². The van der Waals surface area contributed by atoms with E-state index in [9.17, 15) is 14.4 Å². The van der Waals surface area contributed by atoms with E-state index in [1.54, 1.807) is 25.7 Å². The molecule has 1 aliphatic rings. The number of aryl methyl sites for hydroxylation is 2. The second-order valence-corrected chi connectivity index (χ2v) is 9.28. The fourth-order valence-electron chi connectivity index (χ4n) is 3.32. The van der Waals surface area contributed by atoms with Gasteiger partial charge in [0.25, 0.3) is 0 Å². The first-order chi connectivity index (χ1) is 14.5. The van der Waals surface area contributed by atoms with Crippen LogP contribution in [0.2, 0.25) is 0 Å². The quantitative estimate of drug-likeness (QED) is 0.583. The third-order valence-electron chi connectivity index (χ3n) is 5.21. The van der Waals surface area contributed by atoms with E-state index in [1.807, 2.05) is 32.0 Å². The lowest BCUT2D eigenvalue weighted by Gasteiger charge is -2.32. The van der Waals surface area contributed by atoms with Crippen LogP contribution in [-0.2, 0) is 14.3 Å². The van der Waals surface area contributed by atoms with E-state index in [0.717, 1.165) is 42.4 Å². The molecule has 3 amide bonds. The molecule has 0 radical (unpaired) electrons. The molecule has 0 bridgehead atoms. The Bertz CT molecular complexity index is 797. The molecule has 7 heteroatoms. The molecule has 0 aliphatic heterocycles. The van der Waals surface area contributed by atoms with Gasteiger partial charge in [0.15, 0.2) is 0 Å². The highest BCUT2D eigenvalue weighted by Gasteiger charge is 2.41. The normalized spacial score (nSPS) is 14.5. The second kappa shape index (κ2) is 10.6. The topological polar surface area (TPSA) is 87.7 Å². The lowest BCUT2D eigenvalue weighted by atomic mass is 9.98. The number of carbonyl (C=O) groups is 3. The largest absolute Gasteiger partial charge is 0.444 e. The molecule has 1 atom stereocenters. The minimum atomic E-state index is -0.725. The van der Waals surface area contributed by atoms with Crippen LogP contribution < -0.4 is 10.6 Å². The summed E-state index contributed by atoms with van der Waals surface area (Å²) in [5.74, 6) is -0.476. The van der Waals surface area contributed by atoms with Crippen LogP contribution in [0.4, 0.5) is 4.79 Å². The van der Waals surface area contributed by atoms with Gasteiger partial charge in [-0.05, 0) is 70.6 Å². The summed E-state index contributed by atoms with van der Waals surface area (Å²) < 4.78 is 5.23. The monoisotopic (exact) mass is 431 g/mol. The number of amides is 3. The van der Waals surface area contributed by atoms with E-state index in [1.165, 1.54) is 0 Å². The van der Waals surface area contributed by atoms with Gasteiger partial charge in [-0.15, -0.1) is 0 Å². The van der Waals surface area contributed by atoms with Crippen molar-refractivity contribution in [2.24, 2.45) is 0 Å². The van der Waals surface area contributed by atoms with Gasteiger partial charge in [0, 0.05) is 12.6 Å². The molecule has 1 aromatic rings. The number of carbonyl (C=O) groups excluding carboxylic acids is 3. The maximum atomic E-state index is 13.2. The zero-order valence-corrected chi connectivity index (χ0v) is 19.7. The number of hydrogen-bond acceptors (Lipinski definition) is 4. The Morgan fingerprint density at radius 3 is 2.35 bits per heavy atom. The van der Waals surface area contributed by atoms with Crippen LogP contribution in [0.1, 0.15) is 76.1 Å². The van der Waals surface area contributed by atoms with Crippen molar-refractivity contribution >= 4 is 17.9 Å². The molecule has 31 heavy (non-hydrogen) atoms. The summed E-state index contributed by atoms with van der Waals surface area (Å²) in [5.41, 5.74) is 2.34. The molecule has 172 valence electrons. The van der Waals surface area contributed by atoms with Crippen LogP contribution >= 0.6 is 0 Å². The van der Waals surface area contributed by atoms with E-state index < -0.39 is 17.7 Å². The lowest BCUT2D eigenvalue weighted by molar-refractivity contribution is -0.140. The summed E-state index contributed by atoms with van der Waals surface area (Å²) in [4.78, 5) is 40.0. The van der Waals surface area contributed by atoms with E-state index >= 15 is 0 Å². The molecule has 0 heterocycles. The molecule has 0 spiro atoms. The number of benzene rings is 1. The van der Waals surface area contributed by atoms with E-state index in [-0.39, 0.29) is 24.4 Å². The molecule has 2 rings (SSSR count). The average molecular weight is 432 g/mol. The summed E-state index contributed by atoms with van der Waals surface area (Å²) in [6.07, 6.45) is 2.90. The van der Waals surface area contributed by atoms with Crippen LogP contribution in [0, 0.1) is 13.8 Å². The van der Waals surface area contributed by atoms with Gasteiger partial charge in [0.2, 0.25) is 11.8 Å². The maximum absolute atomic E-state index is 13.2. The van der Waals surface area contributed by atoms with E-state index in [2.05, 4.69) is 17.6 Å². The van der Waals surface area contributed by atoms with Crippen molar-refractivity contribution in [2.75, 3.05) is 13.1 Å². The number of alkyl carbamates (subject to hydrolysis) is 1. The molecule has 0 saturated heterocycles. The number of unbranched alkanes of at least 4 members (excludes halogenated alkanes) is 1. The van der Waals surface area contributed by atoms with Crippen molar-refractivity contribution in [2.45, 2.75) is 84.9 Å². The van der Waals surface area contributed by atoms with E-state index in [0.29, 0.717) is 6.54 Å². The molecule has 1 saturated carbocycles. The summed E-state index contributed by atoms with van der Waals surface area (Å²) in [6, 6.07) is 5.14. The number of rotatable bonds is 9. The maximum Gasteiger partial charge on any atom is 0.408 e. The second-order valence-electron chi connectivity index (χ2n) is 9.28. The van der Waals surface area contributed by atoms with Gasteiger partial charge < -0.3 is 20.3 Å². The Balaban J connectivity index is 2.24. The Morgan fingerprint density at radius 1 is 1.13 bits per heavy atom. The smallest absolute Gasteiger partial charge is 0.408 e. The third-order valence-corrected chi connectivity index (χ3v) is 5.21. The first kappa shape index (κ1) is 24.7. The number of nitrogens with zero attached hydrogens (tertiary/aromatic N) is 1. The molecule has 1 unspecified atom stereocenters. The number of ether oxygens (including phenoxy) is 1. The molecule has 1 fully saturated rings. The summed E-state index contributed by atoms with van der Waals surface area (Å²) in [7, 11) is 0. The average Bonchev–Trinajstić information content (AvgIpc) is 3.50. The first-order valence-corrected chi connectivity index (χ1v) is 11.2. The highest BCUT2D eigenvalue weighted by atomic mass is 16.6. The van der Waals surface area contributed by atoms with Gasteiger partial charge >= 0.3 is 6.09 Å². The summed E-state index contributed by atoms with van der Waals surface area (Å²) in [6.45, 7) is 11.7. The van der Waals surface area contributed by atoms with Crippen LogP contribution in [0.25, 0.3) is 0 Å². The van der Waals surface area contributed by atoms with E-state index in [4.69, 9.17) is 4.74 Å². The van der Waals surface area contributed by atoms with Crippen LogP contribution in [0.3, 0.4) is 0 Å². The standard InChI is InChI=1S/C24H37N3O4/c1-7-8-13-25-22(29)21(18-10-9-16(2)17(3)14-18)27(19-11-12-19)20(28)15-26-23(30)31-24(4,5)6/h9-10,14,19,21H,7-8,11-13,15H2,1-6H3,(H,25,29)(H,26,30). The van der Waals surface area contributed by atoms with Gasteiger partial charge in [0.1, 0.15) is 18.2 Å².